The van der Waals surface area contributed by atoms with E-state index in [1.807, 2.05) is 23.9 Å². The second-order valence-electron chi connectivity index (χ2n) is 7.43. The van der Waals surface area contributed by atoms with Crippen LogP contribution in [0.5, 0.6) is 0 Å². The molecule has 3 atom stereocenters. The van der Waals surface area contributed by atoms with Gasteiger partial charge in [0.1, 0.15) is 0 Å². The minimum atomic E-state index is -0.703. The van der Waals surface area contributed by atoms with Crippen LogP contribution in [0.25, 0.3) is 5.69 Å². The average Bonchev–Trinajstić information content (AvgIpc) is 3.29. The van der Waals surface area contributed by atoms with Gasteiger partial charge in [-0.25, -0.2) is 4.68 Å². The summed E-state index contributed by atoms with van der Waals surface area (Å²) >= 11 is 0. The van der Waals surface area contributed by atoms with Crippen molar-refractivity contribution in [3.05, 3.63) is 48.3 Å². The molecule has 8 heteroatoms. The van der Waals surface area contributed by atoms with Gasteiger partial charge in [-0.15, -0.1) is 24.0 Å². The van der Waals surface area contributed by atoms with Crippen molar-refractivity contribution in [1.82, 2.24) is 20.4 Å². The molecule has 1 fully saturated rings. The number of guanidine groups is 1. The minimum Gasteiger partial charge on any atom is -0.357 e. The van der Waals surface area contributed by atoms with Crippen molar-refractivity contribution in [1.29, 1.82) is 0 Å². The number of hydrogen-bond acceptors (Lipinski definition) is 3. The number of aromatic nitrogens is 2. The van der Waals surface area contributed by atoms with E-state index in [4.69, 9.17) is 4.99 Å². The number of rotatable bonds is 8. The van der Waals surface area contributed by atoms with Crippen LogP contribution in [-0.2, 0) is 17.2 Å². The van der Waals surface area contributed by atoms with Crippen LogP contribution in [0, 0.1) is 0 Å². The summed E-state index contributed by atoms with van der Waals surface area (Å²) in [7, 11) is -0.703. The molecule has 0 aliphatic heterocycles. The maximum atomic E-state index is 12.2. The fourth-order valence-electron chi connectivity index (χ4n) is 3.80. The summed E-state index contributed by atoms with van der Waals surface area (Å²) in [5.41, 5.74) is 2.32. The van der Waals surface area contributed by atoms with E-state index in [1.54, 1.807) is 6.20 Å². The summed E-state index contributed by atoms with van der Waals surface area (Å²) in [6, 6.07) is 10.7. The van der Waals surface area contributed by atoms with E-state index in [1.165, 1.54) is 5.56 Å². The van der Waals surface area contributed by atoms with Crippen LogP contribution in [0.2, 0.25) is 0 Å². The van der Waals surface area contributed by atoms with Gasteiger partial charge in [0.05, 0.1) is 5.69 Å². The number of nitrogens with one attached hydrogen (secondary N) is 2. The first kappa shape index (κ1) is 24.8. The second kappa shape index (κ2) is 13.1. The molecular weight excluding hydrogens is 509 g/mol. The summed E-state index contributed by atoms with van der Waals surface area (Å²) < 4.78 is 14.0. The second-order valence-corrected chi connectivity index (χ2v) is 9.43. The Hall–Kier alpha value is -1.42. The average molecular weight is 544 g/mol. The lowest BCUT2D eigenvalue weighted by Gasteiger charge is -2.30. The first-order chi connectivity index (χ1) is 14.2. The third kappa shape index (κ3) is 7.37. The van der Waals surface area contributed by atoms with E-state index in [0.29, 0.717) is 11.3 Å². The van der Waals surface area contributed by atoms with Crippen molar-refractivity contribution < 1.29 is 4.21 Å². The van der Waals surface area contributed by atoms with Crippen LogP contribution >= 0.6 is 24.0 Å². The van der Waals surface area contributed by atoms with Crippen molar-refractivity contribution in [2.75, 3.05) is 18.8 Å². The molecule has 6 nitrogen and oxygen atoms in total. The molecule has 30 heavy (non-hydrogen) atoms. The zero-order valence-electron chi connectivity index (χ0n) is 17.9. The van der Waals surface area contributed by atoms with E-state index >= 15 is 0 Å². The molecule has 3 rings (SSSR count). The van der Waals surface area contributed by atoms with Crippen LogP contribution in [0.4, 0.5) is 0 Å². The normalized spacial score (nSPS) is 20.3. The lowest BCUT2D eigenvalue weighted by molar-refractivity contribution is 0.413. The first-order valence-electron chi connectivity index (χ1n) is 10.7. The van der Waals surface area contributed by atoms with E-state index in [-0.39, 0.29) is 24.0 Å². The maximum absolute atomic E-state index is 12.2. The van der Waals surface area contributed by atoms with E-state index in [2.05, 4.69) is 46.9 Å². The molecule has 0 radical (unpaired) electrons. The Bertz CT molecular complexity index is 794. The fourth-order valence-corrected chi connectivity index (χ4v) is 5.15. The van der Waals surface area contributed by atoms with Crippen molar-refractivity contribution in [2.45, 2.75) is 57.2 Å². The van der Waals surface area contributed by atoms with Crippen LogP contribution < -0.4 is 10.6 Å². The van der Waals surface area contributed by atoms with Gasteiger partial charge < -0.3 is 10.6 Å². The Kier molecular flexibility index (Phi) is 10.8. The predicted octanol–water partition coefficient (Wildman–Crippen LogP) is 3.67. The van der Waals surface area contributed by atoms with Crippen molar-refractivity contribution >= 4 is 40.7 Å². The Morgan fingerprint density at radius 2 is 2.07 bits per heavy atom. The molecule has 1 aliphatic rings. The lowest BCUT2D eigenvalue weighted by atomic mass is 9.95. The number of aliphatic imine (C=N–C) groups is 1. The largest absolute Gasteiger partial charge is 0.357 e. The third-order valence-electron chi connectivity index (χ3n) is 5.34. The van der Waals surface area contributed by atoms with Crippen molar-refractivity contribution in [3.8, 4) is 5.69 Å². The van der Waals surface area contributed by atoms with Crippen LogP contribution in [0.3, 0.4) is 0 Å². The fraction of sp³-hybridized carbons (Fsp3) is 0.545. The van der Waals surface area contributed by atoms with Crippen LogP contribution in [-0.4, -0.2) is 50.1 Å². The Morgan fingerprint density at radius 1 is 1.27 bits per heavy atom. The zero-order chi connectivity index (χ0) is 20.5. The summed E-state index contributed by atoms with van der Waals surface area (Å²) in [5.74, 6) is 1.62. The SMILES string of the molecule is CCNC(=NCCc1ccc(-n2cccn2)cc1)NC1CCCC(S(=O)CC)C1.I. The third-order valence-corrected chi connectivity index (χ3v) is 7.08. The molecule has 0 bridgehead atoms. The van der Waals surface area contributed by atoms with E-state index in [0.717, 1.165) is 62.6 Å². The number of halogens is 1. The predicted molar refractivity (Wildman–Crippen MR) is 137 cm³/mol. The highest BCUT2D eigenvalue weighted by atomic mass is 127. The van der Waals surface area contributed by atoms with Gasteiger partial charge in [-0.05, 0) is 56.4 Å². The molecule has 166 valence electrons. The van der Waals surface area contributed by atoms with Gasteiger partial charge >= 0.3 is 0 Å². The summed E-state index contributed by atoms with van der Waals surface area (Å²) in [6.45, 7) is 5.66. The molecule has 1 aromatic heterocycles. The van der Waals surface area contributed by atoms with Crippen molar-refractivity contribution in [3.63, 3.8) is 0 Å². The molecule has 0 spiro atoms. The highest BCUT2D eigenvalue weighted by molar-refractivity contribution is 14.0. The molecular formula is C22H34IN5OS. The molecule has 2 N–H and O–H groups in total. The molecule has 2 aromatic rings. The molecule has 0 saturated heterocycles. The van der Waals surface area contributed by atoms with Crippen LogP contribution in [0.15, 0.2) is 47.7 Å². The summed E-state index contributed by atoms with van der Waals surface area (Å²) in [5, 5.41) is 11.5. The van der Waals surface area contributed by atoms with Gasteiger partial charge in [-0.1, -0.05) is 25.5 Å². The molecule has 1 aliphatic carbocycles. The molecule has 1 heterocycles. The standard InChI is InChI=1S/C22H33N5OS.HI/c1-3-23-22(26-19-7-5-8-21(17-19)29(28)4-2)24-15-13-18-9-11-20(12-10-18)27-16-6-14-25-27;/h6,9-12,14,16,19,21H,3-5,7-8,13,15,17H2,1-2H3,(H2,23,24,26);1H. The van der Waals surface area contributed by atoms with Crippen LogP contribution in [0.1, 0.15) is 45.1 Å². The highest BCUT2D eigenvalue weighted by Crippen LogP contribution is 2.23. The Labute approximate surface area is 199 Å². The number of hydrogen-bond donors (Lipinski definition) is 2. The maximum Gasteiger partial charge on any atom is 0.191 e. The zero-order valence-corrected chi connectivity index (χ0v) is 21.1. The number of nitrogens with zero attached hydrogens (tertiary/aromatic N) is 3. The van der Waals surface area contributed by atoms with Gasteiger partial charge in [-0.3, -0.25) is 9.20 Å². The van der Waals surface area contributed by atoms with E-state index < -0.39 is 10.8 Å². The van der Waals surface area contributed by atoms with Gasteiger partial charge in [0, 0.05) is 53.3 Å². The number of benzene rings is 1. The van der Waals surface area contributed by atoms with Gasteiger partial charge in [0.25, 0.3) is 0 Å². The quantitative estimate of drug-likeness (QED) is 0.303. The van der Waals surface area contributed by atoms with E-state index in [9.17, 15) is 4.21 Å². The Balaban J connectivity index is 0.00000320. The first-order valence-corrected chi connectivity index (χ1v) is 12.1. The molecule has 0 amide bonds. The molecule has 1 saturated carbocycles. The highest BCUT2D eigenvalue weighted by Gasteiger charge is 2.25. The Morgan fingerprint density at radius 3 is 2.73 bits per heavy atom. The van der Waals surface area contributed by atoms with Gasteiger partial charge in [-0.2, -0.15) is 5.10 Å². The lowest BCUT2D eigenvalue weighted by Crippen LogP contribution is -2.46. The molecule has 1 aromatic carbocycles. The smallest absolute Gasteiger partial charge is 0.191 e. The summed E-state index contributed by atoms with van der Waals surface area (Å²) in [6.07, 6.45) is 8.93. The minimum absolute atomic E-state index is 0. The van der Waals surface area contributed by atoms with Crippen molar-refractivity contribution in [2.24, 2.45) is 4.99 Å². The van der Waals surface area contributed by atoms with Gasteiger partial charge in [0.15, 0.2) is 5.96 Å². The topological polar surface area (TPSA) is 71.3 Å². The summed E-state index contributed by atoms with van der Waals surface area (Å²) in [4.78, 5) is 4.77. The molecule has 3 unspecified atom stereocenters. The monoisotopic (exact) mass is 543 g/mol. The van der Waals surface area contributed by atoms with Gasteiger partial charge in [0.2, 0.25) is 0 Å².